The summed E-state index contributed by atoms with van der Waals surface area (Å²) in [5.74, 6) is 0.216. The second-order valence-electron chi connectivity index (χ2n) is 6.28. The minimum atomic E-state index is -3.32. The topological polar surface area (TPSA) is 87.0 Å². The molecule has 0 spiro atoms. The minimum absolute atomic E-state index is 0.216. The molecule has 0 N–H and O–H groups in total. The Morgan fingerprint density at radius 3 is 2.87 bits per heavy atom. The molecule has 1 aromatic carbocycles. The van der Waals surface area contributed by atoms with Crippen LogP contribution in [0.5, 0.6) is 0 Å². The van der Waals surface area contributed by atoms with Gasteiger partial charge in [-0.3, -0.25) is 0 Å². The van der Waals surface area contributed by atoms with Crippen LogP contribution in [0.25, 0.3) is 0 Å². The molecule has 8 heteroatoms. The highest BCUT2D eigenvalue weighted by Crippen LogP contribution is 2.25. The molecular formula is C15H20N4O3S. The van der Waals surface area contributed by atoms with Gasteiger partial charge in [-0.1, -0.05) is 18.2 Å². The fourth-order valence-electron chi connectivity index (χ4n) is 2.52. The maximum atomic E-state index is 11.9. The summed E-state index contributed by atoms with van der Waals surface area (Å²) in [7, 11) is -3.32. The minimum Gasteiger partial charge on any atom is -0.376 e. The first-order valence-electron chi connectivity index (χ1n) is 7.44. The third-order valence-electron chi connectivity index (χ3n) is 4.35. The van der Waals surface area contributed by atoms with E-state index in [0.717, 1.165) is 12.0 Å². The van der Waals surface area contributed by atoms with Crippen LogP contribution >= 0.6 is 0 Å². The van der Waals surface area contributed by atoms with Gasteiger partial charge in [0, 0.05) is 6.26 Å². The smallest absolute Gasteiger partial charge is 0.195 e. The number of sulfone groups is 1. The SMILES string of the molecule is CC(C)(c1nnn(Cc2cccc3c2CCOC3)n1)S(C)(=O)=O. The third-order valence-corrected chi connectivity index (χ3v) is 6.39. The van der Waals surface area contributed by atoms with Gasteiger partial charge in [0.05, 0.1) is 19.8 Å². The Labute approximate surface area is 135 Å². The Hall–Kier alpha value is -1.80. The molecule has 0 amide bonds. The molecular weight excluding hydrogens is 316 g/mol. The number of aromatic nitrogens is 4. The van der Waals surface area contributed by atoms with Crippen LogP contribution in [0, 0.1) is 0 Å². The number of benzene rings is 1. The van der Waals surface area contributed by atoms with Crippen molar-refractivity contribution in [3.05, 3.63) is 40.7 Å². The van der Waals surface area contributed by atoms with Crippen LogP contribution in [0.2, 0.25) is 0 Å². The molecule has 1 aromatic heterocycles. The molecule has 2 aromatic rings. The molecule has 0 atom stereocenters. The molecule has 7 nitrogen and oxygen atoms in total. The van der Waals surface area contributed by atoms with Gasteiger partial charge in [0.25, 0.3) is 0 Å². The Kier molecular flexibility index (Phi) is 3.97. The molecule has 23 heavy (non-hydrogen) atoms. The van der Waals surface area contributed by atoms with Gasteiger partial charge in [0.2, 0.25) is 0 Å². The van der Waals surface area contributed by atoms with Crippen LogP contribution in [-0.4, -0.2) is 41.5 Å². The number of nitrogens with zero attached hydrogens (tertiary/aromatic N) is 4. The number of hydrogen-bond donors (Lipinski definition) is 0. The normalized spacial score (nSPS) is 15.4. The maximum absolute atomic E-state index is 11.9. The Bertz CT molecular complexity index is 827. The lowest BCUT2D eigenvalue weighted by Gasteiger charge is -2.19. The second kappa shape index (κ2) is 5.68. The summed E-state index contributed by atoms with van der Waals surface area (Å²) in [5, 5.41) is 12.2. The quantitative estimate of drug-likeness (QED) is 0.830. The highest BCUT2D eigenvalue weighted by Gasteiger charge is 2.37. The summed E-state index contributed by atoms with van der Waals surface area (Å²) < 4.78 is 28.1. The van der Waals surface area contributed by atoms with E-state index in [1.165, 1.54) is 22.2 Å². The second-order valence-corrected chi connectivity index (χ2v) is 8.85. The van der Waals surface area contributed by atoms with Crippen LogP contribution < -0.4 is 0 Å². The molecule has 0 bridgehead atoms. The fourth-order valence-corrected chi connectivity index (χ4v) is 2.93. The number of tetrazole rings is 1. The monoisotopic (exact) mass is 336 g/mol. The number of hydrogen-bond acceptors (Lipinski definition) is 6. The highest BCUT2D eigenvalue weighted by molar-refractivity contribution is 7.91. The van der Waals surface area contributed by atoms with Gasteiger partial charge in [-0.25, -0.2) is 8.42 Å². The molecule has 0 fully saturated rings. The predicted molar refractivity (Wildman–Crippen MR) is 84.6 cm³/mol. The molecule has 0 aliphatic carbocycles. The molecule has 2 heterocycles. The zero-order valence-electron chi connectivity index (χ0n) is 13.5. The Morgan fingerprint density at radius 2 is 2.13 bits per heavy atom. The van der Waals surface area contributed by atoms with Crippen LogP contribution in [0.3, 0.4) is 0 Å². The molecule has 0 radical (unpaired) electrons. The van der Waals surface area contributed by atoms with Crippen molar-refractivity contribution in [2.24, 2.45) is 0 Å². The molecule has 124 valence electrons. The van der Waals surface area contributed by atoms with Crippen LogP contribution in [0.15, 0.2) is 18.2 Å². The van der Waals surface area contributed by atoms with Crippen molar-refractivity contribution >= 4 is 9.84 Å². The number of ether oxygens (including phenoxy) is 1. The van der Waals surface area contributed by atoms with Gasteiger partial charge >= 0.3 is 0 Å². The van der Waals surface area contributed by atoms with Crippen LogP contribution in [-0.2, 0) is 38.9 Å². The van der Waals surface area contributed by atoms with E-state index in [1.54, 1.807) is 13.8 Å². The standard InChI is InChI=1S/C15H20N4O3S/c1-15(2,23(3,20)21)14-16-18-19(17-14)9-11-5-4-6-12-10-22-8-7-13(11)12/h4-6H,7-10H2,1-3H3. The van der Waals surface area contributed by atoms with E-state index < -0.39 is 14.6 Å². The summed E-state index contributed by atoms with van der Waals surface area (Å²) >= 11 is 0. The zero-order valence-corrected chi connectivity index (χ0v) is 14.3. The Morgan fingerprint density at radius 1 is 1.35 bits per heavy atom. The first-order valence-corrected chi connectivity index (χ1v) is 9.33. The van der Waals surface area contributed by atoms with Gasteiger partial charge < -0.3 is 4.74 Å². The van der Waals surface area contributed by atoms with Crippen molar-refractivity contribution in [1.29, 1.82) is 0 Å². The lowest BCUT2D eigenvalue weighted by Crippen LogP contribution is -2.29. The maximum Gasteiger partial charge on any atom is 0.195 e. The molecule has 1 aliphatic rings. The fraction of sp³-hybridized carbons (Fsp3) is 0.533. The summed E-state index contributed by atoms with van der Waals surface area (Å²) in [5.41, 5.74) is 3.57. The van der Waals surface area contributed by atoms with Gasteiger partial charge in [-0.05, 0) is 42.2 Å². The van der Waals surface area contributed by atoms with Crippen molar-refractivity contribution in [1.82, 2.24) is 20.2 Å². The summed E-state index contributed by atoms with van der Waals surface area (Å²) in [4.78, 5) is 1.45. The van der Waals surface area contributed by atoms with E-state index in [2.05, 4.69) is 21.5 Å². The van der Waals surface area contributed by atoms with Crippen molar-refractivity contribution < 1.29 is 13.2 Å². The van der Waals surface area contributed by atoms with Crippen molar-refractivity contribution in [3.63, 3.8) is 0 Å². The first kappa shape index (κ1) is 16.1. The molecule has 1 aliphatic heterocycles. The summed E-state index contributed by atoms with van der Waals surface area (Å²) in [6, 6.07) is 6.08. The van der Waals surface area contributed by atoms with Crippen LogP contribution in [0.1, 0.15) is 36.4 Å². The largest absolute Gasteiger partial charge is 0.376 e. The van der Waals surface area contributed by atoms with Gasteiger partial charge in [0.15, 0.2) is 15.7 Å². The van der Waals surface area contributed by atoms with E-state index in [4.69, 9.17) is 4.74 Å². The van der Waals surface area contributed by atoms with Crippen molar-refractivity contribution in [3.8, 4) is 0 Å². The lowest BCUT2D eigenvalue weighted by atomic mass is 9.97. The molecule has 3 rings (SSSR count). The number of fused-ring (bicyclic) bond motifs is 1. The average Bonchev–Trinajstić information content (AvgIpc) is 2.96. The van der Waals surface area contributed by atoms with E-state index in [1.807, 2.05) is 12.1 Å². The average molecular weight is 336 g/mol. The van der Waals surface area contributed by atoms with Gasteiger partial charge in [-0.2, -0.15) is 4.80 Å². The highest BCUT2D eigenvalue weighted by atomic mass is 32.2. The van der Waals surface area contributed by atoms with E-state index in [0.29, 0.717) is 19.8 Å². The van der Waals surface area contributed by atoms with Crippen LogP contribution in [0.4, 0.5) is 0 Å². The third kappa shape index (κ3) is 3.00. The molecule has 0 unspecified atom stereocenters. The van der Waals surface area contributed by atoms with E-state index >= 15 is 0 Å². The predicted octanol–water partition coefficient (Wildman–Crippen LogP) is 1.07. The number of rotatable bonds is 4. The van der Waals surface area contributed by atoms with Crippen molar-refractivity contribution in [2.75, 3.05) is 12.9 Å². The Balaban J connectivity index is 1.89. The van der Waals surface area contributed by atoms with E-state index in [-0.39, 0.29) is 5.82 Å². The van der Waals surface area contributed by atoms with E-state index in [9.17, 15) is 8.42 Å². The van der Waals surface area contributed by atoms with Gasteiger partial charge in [0.1, 0.15) is 4.75 Å². The summed E-state index contributed by atoms with van der Waals surface area (Å²) in [6.07, 6.45) is 2.04. The molecule has 0 saturated carbocycles. The summed E-state index contributed by atoms with van der Waals surface area (Å²) in [6.45, 7) is 4.98. The van der Waals surface area contributed by atoms with Gasteiger partial charge in [-0.15, -0.1) is 10.2 Å². The zero-order chi connectivity index (χ0) is 16.7. The first-order chi connectivity index (χ1) is 10.8. The molecule has 0 saturated heterocycles. The van der Waals surface area contributed by atoms with Crippen molar-refractivity contribution in [2.45, 2.75) is 38.2 Å². The lowest BCUT2D eigenvalue weighted by molar-refractivity contribution is 0.110.